The molecule has 0 heterocycles. The molecule has 0 aliphatic heterocycles. The van der Waals surface area contributed by atoms with Crippen LogP contribution in [0.3, 0.4) is 0 Å². The standard InChI is InChI=1S/C8H12N2O/c1-4-7(10-9)8(11)5-6(2)3/h4,6H,1,5H2,2-3H3. The third-order valence-corrected chi connectivity index (χ3v) is 1.18. The van der Waals surface area contributed by atoms with E-state index < -0.39 is 0 Å². The minimum atomic E-state index is -0.169. The number of carbonyl (C=O) groups excluding carboxylic acids is 1. The quantitative estimate of drug-likeness (QED) is 0.340. The first-order chi connectivity index (χ1) is 5.11. The maximum atomic E-state index is 11.1. The van der Waals surface area contributed by atoms with E-state index in [1.807, 2.05) is 13.8 Å². The number of rotatable bonds is 4. The van der Waals surface area contributed by atoms with Crippen LogP contribution >= 0.6 is 0 Å². The Labute approximate surface area is 67.0 Å². The molecular weight excluding hydrogens is 140 g/mol. The Morgan fingerprint density at radius 1 is 1.73 bits per heavy atom. The van der Waals surface area contributed by atoms with Gasteiger partial charge in [0.2, 0.25) is 5.78 Å². The van der Waals surface area contributed by atoms with Gasteiger partial charge in [-0.1, -0.05) is 13.8 Å². The molecule has 0 aromatic rings. The van der Waals surface area contributed by atoms with Gasteiger partial charge in [0.25, 0.3) is 0 Å². The summed E-state index contributed by atoms with van der Waals surface area (Å²) < 4.78 is 0. The fourth-order valence-corrected chi connectivity index (χ4v) is 0.686. The lowest BCUT2D eigenvalue weighted by Gasteiger charge is -1.97. The van der Waals surface area contributed by atoms with Crippen molar-refractivity contribution < 1.29 is 9.58 Å². The number of hydrogen-bond acceptors (Lipinski definition) is 1. The third kappa shape index (κ3) is 3.68. The van der Waals surface area contributed by atoms with Gasteiger partial charge in [0.1, 0.15) is 0 Å². The van der Waals surface area contributed by atoms with Crippen molar-refractivity contribution in [3.05, 3.63) is 18.9 Å². The van der Waals surface area contributed by atoms with E-state index in [9.17, 15) is 4.79 Å². The maximum Gasteiger partial charge on any atom is 0.338 e. The van der Waals surface area contributed by atoms with Crippen LogP contribution in [-0.4, -0.2) is 16.3 Å². The van der Waals surface area contributed by atoms with Crippen molar-refractivity contribution in [3.63, 3.8) is 0 Å². The van der Waals surface area contributed by atoms with Crippen LogP contribution in [0, 0.1) is 19.3 Å². The van der Waals surface area contributed by atoms with E-state index in [2.05, 4.69) is 11.7 Å². The molecule has 0 amide bonds. The first kappa shape index (κ1) is 10.0. The van der Waals surface area contributed by atoms with E-state index in [-0.39, 0.29) is 17.4 Å². The molecule has 0 unspecified atom stereocenters. The van der Waals surface area contributed by atoms with Gasteiger partial charge in [-0.2, -0.15) is 4.79 Å². The Bertz CT molecular complexity index is 190. The van der Waals surface area contributed by atoms with Crippen molar-refractivity contribution in [2.45, 2.75) is 20.3 Å². The Hall–Kier alpha value is -0.950. The number of carbonyl (C=O) groups is 1. The summed E-state index contributed by atoms with van der Waals surface area (Å²) in [5.74, 6) is 0.108. The zero-order valence-electron chi connectivity index (χ0n) is 6.87. The van der Waals surface area contributed by atoms with Crippen LogP contribution in [0.2, 0.25) is 0 Å². The van der Waals surface area contributed by atoms with Gasteiger partial charge >= 0.3 is 5.71 Å². The molecule has 3 heteroatoms. The van der Waals surface area contributed by atoms with Crippen LogP contribution in [0.4, 0.5) is 0 Å². The van der Waals surface area contributed by atoms with Crippen molar-refractivity contribution in [1.29, 1.82) is 0 Å². The summed E-state index contributed by atoms with van der Waals surface area (Å²) in [6.07, 6.45) is 1.65. The van der Waals surface area contributed by atoms with Crippen LogP contribution in [0.25, 0.3) is 5.53 Å². The van der Waals surface area contributed by atoms with E-state index in [4.69, 9.17) is 5.53 Å². The summed E-state index contributed by atoms with van der Waals surface area (Å²) in [4.78, 5) is 13.9. The Kier molecular flexibility index (Phi) is 4.39. The topological polar surface area (TPSA) is 53.5 Å². The largest absolute Gasteiger partial charge is 0.361 e. The predicted molar refractivity (Wildman–Crippen MR) is 42.7 cm³/mol. The first-order valence-electron chi connectivity index (χ1n) is 3.49. The normalized spacial score (nSPS) is 9.45. The SMILES string of the molecule is [CH2][CH]C(=[N+]=[N-])C(=O)CC(C)C. The van der Waals surface area contributed by atoms with E-state index >= 15 is 0 Å². The second-order valence-electron chi connectivity index (χ2n) is 2.71. The summed E-state index contributed by atoms with van der Waals surface area (Å²) in [6, 6.07) is 0. The van der Waals surface area contributed by atoms with E-state index in [1.165, 1.54) is 6.42 Å². The molecule has 0 fully saturated rings. The molecule has 0 rings (SSSR count). The number of ketones is 1. The number of nitrogens with zero attached hydrogens (tertiary/aromatic N) is 2. The van der Waals surface area contributed by atoms with Gasteiger partial charge < -0.3 is 5.53 Å². The zero-order valence-corrected chi connectivity index (χ0v) is 6.87. The Morgan fingerprint density at radius 3 is 2.55 bits per heavy atom. The lowest BCUT2D eigenvalue weighted by atomic mass is 10.0. The van der Waals surface area contributed by atoms with Gasteiger partial charge in [-0.05, 0) is 12.8 Å². The molecule has 0 spiro atoms. The molecule has 2 radical (unpaired) electrons. The first-order valence-corrected chi connectivity index (χ1v) is 3.49. The van der Waals surface area contributed by atoms with Crippen LogP contribution in [0.15, 0.2) is 0 Å². The van der Waals surface area contributed by atoms with Crippen molar-refractivity contribution in [3.8, 4) is 0 Å². The van der Waals surface area contributed by atoms with Crippen molar-refractivity contribution in [2.75, 3.05) is 0 Å². The minimum Gasteiger partial charge on any atom is -0.361 e. The van der Waals surface area contributed by atoms with Crippen LogP contribution in [-0.2, 0) is 4.79 Å². The van der Waals surface area contributed by atoms with Crippen LogP contribution in [0.5, 0.6) is 0 Å². The van der Waals surface area contributed by atoms with Gasteiger partial charge in [0.15, 0.2) is 0 Å². The molecule has 0 aromatic carbocycles. The van der Waals surface area contributed by atoms with E-state index in [0.29, 0.717) is 6.42 Å². The average Bonchev–Trinajstić information content (AvgIpc) is 1.88. The Balaban J connectivity index is 4.13. The highest BCUT2D eigenvalue weighted by molar-refractivity contribution is 6.40. The maximum absolute atomic E-state index is 11.1. The van der Waals surface area contributed by atoms with Gasteiger partial charge in [-0.3, -0.25) is 4.79 Å². The fraction of sp³-hybridized carbons (Fsp3) is 0.500. The fourth-order valence-electron chi connectivity index (χ4n) is 0.686. The number of Topliss-reactive ketones (excluding diaryl/α,β-unsaturated/α-hetero) is 1. The van der Waals surface area contributed by atoms with Crippen LogP contribution in [0.1, 0.15) is 20.3 Å². The van der Waals surface area contributed by atoms with Gasteiger partial charge in [0.05, 0.1) is 6.42 Å². The molecule has 11 heavy (non-hydrogen) atoms. The van der Waals surface area contributed by atoms with E-state index in [0.717, 1.165) is 0 Å². The smallest absolute Gasteiger partial charge is 0.338 e. The third-order valence-electron chi connectivity index (χ3n) is 1.18. The Morgan fingerprint density at radius 2 is 2.27 bits per heavy atom. The van der Waals surface area contributed by atoms with Crippen molar-refractivity contribution >= 4 is 11.5 Å². The van der Waals surface area contributed by atoms with Crippen molar-refractivity contribution in [2.24, 2.45) is 5.92 Å². The van der Waals surface area contributed by atoms with Crippen LogP contribution < -0.4 is 0 Å². The minimum absolute atomic E-state index is 0.0405. The highest BCUT2D eigenvalue weighted by Crippen LogP contribution is 2.01. The summed E-state index contributed by atoms with van der Waals surface area (Å²) >= 11 is 0. The summed E-state index contributed by atoms with van der Waals surface area (Å²) in [7, 11) is 0. The second kappa shape index (κ2) is 4.80. The molecule has 0 saturated heterocycles. The summed E-state index contributed by atoms with van der Waals surface area (Å²) in [6.45, 7) is 7.20. The van der Waals surface area contributed by atoms with Gasteiger partial charge in [0, 0.05) is 6.42 Å². The lowest BCUT2D eigenvalue weighted by Crippen LogP contribution is -2.16. The number of hydrogen-bond donors (Lipinski definition) is 0. The molecule has 60 valence electrons. The monoisotopic (exact) mass is 152 g/mol. The lowest BCUT2D eigenvalue weighted by molar-refractivity contribution is -0.117. The molecule has 0 aliphatic carbocycles. The van der Waals surface area contributed by atoms with Crippen molar-refractivity contribution in [1.82, 2.24) is 0 Å². The zero-order chi connectivity index (χ0) is 8.85. The highest BCUT2D eigenvalue weighted by Gasteiger charge is 2.18. The molecule has 3 nitrogen and oxygen atoms in total. The molecule has 0 atom stereocenters. The van der Waals surface area contributed by atoms with Gasteiger partial charge in [-0.15, -0.1) is 0 Å². The van der Waals surface area contributed by atoms with E-state index in [1.54, 1.807) is 0 Å². The summed E-state index contributed by atoms with van der Waals surface area (Å²) in [5, 5.41) is 0. The second-order valence-corrected chi connectivity index (χ2v) is 2.71. The molecule has 0 aliphatic rings. The molecular formula is C8H12N2O. The molecule has 0 N–H and O–H groups in total. The highest BCUT2D eigenvalue weighted by atomic mass is 16.1. The molecule has 0 aromatic heterocycles. The predicted octanol–water partition coefficient (Wildman–Crippen LogP) is 1.31. The summed E-state index contributed by atoms with van der Waals surface area (Å²) in [5.41, 5.74) is 8.35. The molecule has 0 bridgehead atoms. The molecule has 0 saturated carbocycles. The van der Waals surface area contributed by atoms with Gasteiger partial charge in [-0.25, -0.2) is 0 Å². The average molecular weight is 152 g/mol.